The minimum atomic E-state index is -3.58. The van der Waals surface area contributed by atoms with E-state index in [9.17, 15) is 13.2 Å². The molecule has 27 heavy (non-hydrogen) atoms. The van der Waals surface area contributed by atoms with Crippen molar-refractivity contribution < 1.29 is 13.2 Å². The highest BCUT2D eigenvalue weighted by Gasteiger charge is 2.39. The largest absolute Gasteiger partial charge is 0.353 e. The van der Waals surface area contributed by atoms with Crippen LogP contribution in [0.15, 0.2) is 27.8 Å². The molecule has 0 atom stereocenters. The van der Waals surface area contributed by atoms with Gasteiger partial charge in [-0.05, 0) is 12.8 Å². The maximum atomic E-state index is 12.6. The van der Waals surface area contributed by atoms with Crippen LogP contribution in [0.25, 0.3) is 0 Å². The molecule has 1 amide bonds. The minimum absolute atomic E-state index is 0.0255. The molecular formula is C17H24N6O3S. The fourth-order valence-electron chi connectivity index (χ4n) is 3.18. The number of carbonyl (C=O) groups excluding carboxylic acids is 1. The zero-order valence-corrected chi connectivity index (χ0v) is 16.2. The first-order valence-electron chi connectivity index (χ1n) is 9.00. The number of aryl methyl sites for hydroxylation is 1. The Morgan fingerprint density at radius 2 is 2.07 bits per heavy atom. The van der Waals surface area contributed by atoms with Crippen molar-refractivity contribution in [3.05, 3.63) is 12.5 Å². The molecule has 2 aliphatic heterocycles. The van der Waals surface area contributed by atoms with E-state index < -0.39 is 15.7 Å². The Kier molecular flexibility index (Phi) is 5.62. The van der Waals surface area contributed by atoms with Gasteiger partial charge in [0.05, 0.1) is 6.33 Å². The van der Waals surface area contributed by atoms with Crippen LogP contribution in [-0.2, 0) is 21.9 Å². The van der Waals surface area contributed by atoms with Crippen LogP contribution in [0, 0.1) is 12.3 Å². The summed E-state index contributed by atoms with van der Waals surface area (Å²) in [6.45, 7) is 0.723. The van der Waals surface area contributed by atoms with Gasteiger partial charge in [-0.25, -0.2) is 13.4 Å². The van der Waals surface area contributed by atoms with E-state index in [1.807, 2.05) is 0 Å². The van der Waals surface area contributed by atoms with Crippen LogP contribution in [0.2, 0.25) is 0 Å². The van der Waals surface area contributed by atoms with Crippen LogP contribution in [0.5, 0.6) is 0 Å². The molecule has 10 heteroatoms. The van der Waals surface area contributed by atoms with Gasteiger partial charge in [0.1, 0.15) is 0 Å². The number of hydrogen-bond donors (Lipinski definition) is 1. The van der Waals surface area contributed by atoms with E-state index in [-0.39, 0.29) is 17.0 Å². The summed E-state index contributed by atoms with van der Waals surface area (Å²) in [4.78, 5) is 16.1. The highest BCUT2D eigenvalue weighted by Crippen LogP contribution is 2.37. The van der Waals surface area contributed by atoms with Gasteiger partial charge in [-0.15, -0.1) is 12.3 Å². The van der Waals surface area contributed by atoms with Crippen molar-refractivity contribution >= 4 is 15.9 Å². The monoisotopic (exact) mass is 392 g/mol. The van der Waals surface area contributed by atoms with Gasteiger partial charge in [-0.1, -0.05) is 0 Å². The number of imidazole rings is 1. The second-order valence-corrected chi connectivity index (χ2v) is 8.89. The predicted octanol–water partition coefficient (Wildman–Crippen LogP) is 1.05. The van der Waals surface area contributed by atoms with Gasteiger partial charge >= 0.3 is 0 Å². The topological polar surface area (TPSA) is 109 Å². The second-order valence-electron chi connectivity index (χ2n) is 7.01. The number of amides is 1. The molecule has 1 N–H and O–H groups in total. The van der Waals surface area contributed by atoms with Crippen LogP contribution in [0.3, 0.4) is 0 Å². The first-order chi connectivity index (χ1) is 12.8. The Morgan fingerprint density at radius 3 is 2.63 bits per heavy atom. The van der Waals surface area contributed by atoms with Crippen molar-refractivity contribution in [3.8, 4) is 12.3 Å². The predicted molar refractivity (Wildman–Crippen MR) is 98.0 cm³/mol. The molecule has 0 saturated carbocycles. The van der Waals surface area contributed by atoms with Crippen LogP contribution < -0.4 is 5.32 Å². The normalized spacial score (nSPS) is 19.6. The van der Waals surface area contributed by atoms with Crippen LogP contribution in [0.1, 0.15) is 38.5 Å². The maximum Gasteiger partial charge on any atom is 0.262 e. The number of carbonyl (C=O) groups is 1. The number of nitrogens with zero attached hydrogens (tertiary/aromatic N) is 5. The van der Waals surface area contributed by atoms with Gasteiger partial charge in [-0.3, -0.25) is 4.79 Å². The van der Waals surface area contributed by atoms with E-state index in [0.717, 1.165) is 0 Å². The number of sulfonamides is 1. The molecule has 0 spiro atoms. The van der Waals surface area contributed by atoms with E-state index in [2.05, 4.69) is 26.4 Å². The van der Waals surface area contributed by atoms with E-state index in [4.69, 9.17) is 6.42 Å². The molecule has 146 valence electrons. The molecule has 1 aromatic rings. The second kappa shape index (κ2) is 7.78. The van der Waals surface area contributed by atoms with E-state index >= 15 is 0 Å². The number of terminal acetylenes is 1. The molecule has 0 unspecified atom stereocenters. The molecule has 1 fully saturated rings. The lowest BCUT2D eigenvalue weighted by Crippen LogP contribution is -2.46. The van der Waals surface area contributed by atoms with Crippen molar-refractivity contribution in [2.45, 2.75) is 55.3 Å². The maximum absolute atomic E-state index is 12.6. The quantitative estimate of drug-likeness (QED) is 0.667. The first kappa shape index (κ1) is 19.5. The number of hydrogen-bond acceptors (Lipinski definition) is 6. The van der Waals surface area contributed by atoms with E-state index in [1.54, 1.807) is 11.6 Å². The average Bonchev–Trinajstić information content (AvgIpc) is 3.29. The molecular weight excluding hydrogens is 368 g/mol. The molecule has 3 rings (SSSR count). The van der Waals surface area contributed by atoms with Crippen molar-refractivity contribution in [3.63, 3.8) is 0 Å². The number of aromatic nitrogens is 2. The third-order valence-electron chi connectivity index (χ3n) is 4.91. The van der Waals surface area contributed by atoms with Crippen LogP contribution in [-0.4, -0.2) is 53.0 Å². The van der Waals surface area contributed by atoms with E-state index in [0.29, 0.717) is 51.6 Å². The lowest BCUT2D eigenvalue weighted by atomic mass is 10.0. The average molecular weight is 392 g/mol. The van der Waals surface area contributed by atoms with Crippen LogP contribution in [0.4, 0.5) is 0 Å². The van der Waals surface area contributed by atoms with Gasteiger partial charge in [0.25, 0.3) is 10.0 Å². The van der Waals surface area contributed by atoms with Crippen molar-refractivity contribution in [1.29, 1.82) is 0 Å². The zero-order chi connectivity index (χ0) is 19.5. The molecule has 1 aromatic heterocycles. The molecule has 3 heterocycles. The summed E-state index contributed by atoms with van der Waals surface area (Å²) in [7, 11) is -1.85. The summed E-state index contributed by atoms with van der Waals surface area (Å²) in [5.41, 5.74) is -0.455. The zero-order valence-electron chi connectivity index (χ0n) is 15.3. The molecule has 0 aromatic carbocycles. The van der Waals surface area contributed by atoms with Crippen molar-refractivity contribution in [2.24, 2.45) is 17.3 Å². The Labute approximate surface area is 159 Å². The fourth-order valence-corrected chi connectivity index (χ4v) is 4.61. The highest BCUT2D eigenvalue weighted by molar-refractivity contribution is 7.89. The third kappa shape index (κ3) is 4.73. The van der Waals surface area contributed by atoms with Crippen molar-refractivity contribution in [1.82, 2.24) is 19.2 Å². The SMILES string of the molecule is C#CCCC1(CCC(=O)NC2CCN(S(=O)(=O)c3cn(C)cn3)CC2)N=N1. The summed E-state index contributed by atoms with van der Waals surface area (Å²) in [5.74, 6) is 2.51. The fraction of sp³-hybridized carbons (Fsp3) is 0.647. The third-order valence-corrected chi connectivity index (χ3v) is 6.69. The summed E-state index contributed by atoms with van der Waals surface area (Å²) >= 11 is 0. The Bertz CT molecular complexity index is 855. The smallest absolute Gasteiger partial charge is 0.262 e. The number of rotatable bonds is 8. The van der Waals surface area contributed by atoms with Crippen LogP contribution >= 0.6 is 0 Å². The lowest BCUT2D eigenvalue weighted by molar-refractivity contribution is -0.122. The highest BCUT2D eigenvalue weighted by atomic mass is 32.2. The molecule has 0 bridgehead atoms. The Balaban J connectivity index is 1.43. The summed E-state index contributed by atoms with van der Waals surface area (Å²) in [6, 6.07) is -0.0255. The Hall–Kier alpha value is -2.25. The number of piperidine rings is 1. The van der Waals surface area contributed by atoms with E-state index in [1.165, 1.54) is 16.8 Å². The Morgan fingerprint density at radius 1 is 1.37 bits per heavy atom. The summed E-state index contributed by atoms with van der Waals surface area (Å²) in [5, 5.41) is 11.1. The molecule has 1 saturated heterocycles. The molecule has 0 radical (unpaired) electrons. The van der Waals surface area contributed by atoms with Gasteiger partial charge < -0.3 is 9.88 Å². The molecule has 2 aliphatic rings. The first-order valence-corrected chi connectivity index (χ1v) is 10.4. The van der Waals surface area contributed by atoms with Gasteiger partial charge in [-0.2, -0.15) is 14.5 Å². The lowest BCUT2D eigenvalue weighted by Gasteiger charge is -2.31. The van der Waals surface area contributed by atoms with Gasteiger partial charge in [0.2, 0.25) is 5.91 Å². The summed E-state index contributed by atoms with van der Waals surface area (Å²) < 4.78 is 28.2. The molecule has 9 nitrogen and oxygen atoms in total. The summed E-state index contributed by atoms with van der Waals surface area (Å²) in [6.07, 6.45) is 11.6. The number of nitrogens with one attached hydrogen (secondary N) is 1. The molecule has 0 aliphatic carbocycles. The standard InChI is InChI=1S/C17H24N6O3S/c1-3-4-8-17(20-21-17)9-5-15(24)19-14-6-10-23(11-7-14)27(25,26)16-12-22(2)13-18-16/h1,12-14H,4-11H2,2H3,(H,19,24). The minimum Gasteiger partial charge on any atom is -0.353 e. The van der Waals surface area contributed by atoms with Gasteiger partial charge in [0, 0.05) is 58.1 Å². The van der Waals surface area contributed by atoms with Gasteiger partial charge in [0.15, 0.2) is 10.7 Å². The van der Waals surface area contributed by atoms with Crippen molar-refractivity contribution in [2.75, 3.05) is 13.1 Å².